The molecule has 3 aromatic rings. The number of nitro benzene ring substituents is 1. The summed E-state index contributed by atoms with van der Waals surface area (Å²) in [5, 5.41) is 22.2. The second-order valence-electron chi connectivity index (χ2n) is 5.32. The summed E-state index contributed by atoms with van der Waals surface area (Å²) in [6.45, 7) is -0.269. The first-order chi connectivity index (χ1) is 13.0. The van der Waals surface area contributed by atoms with E-state index < -0.39 is 16.7 Å². The summed E-state index contributed by atoms with van der Waals surface area (Å²) in [6, 6.07) is 14.0. The van der Waals surface area contributed by atoms with Gasteiger partial charge in [-0.3, -0.25) is 30.6 Å². The number of amides is 2. The van der Waals surface area contributed by atoms with Crippen LogP contribution in [0.5, 0.6) is 0 Å². The highest BCUT2D eigenvalue weighted by Gasteiger charge is 2.12. The molecule has 0 saturated heterocycles. The van der Waals surface area contributed by atoms with Crippen molar-refractivity contribution in [3.05, 3.63) is 70.3 Å². The van der Waals surface area contributed by atoms with Gasteiger partial charge in [-0.25, -0.2) is 0 Å². The number of benzene rings is 2. The van der Waals surface area contributed by atoms with Gasteiger partial charge in [0.1, 0.15) is 6.54 Å². The molecule has 3 rings (SSSR count). The van der Waals surface area contributed by atoms with Crippen LogP contribution in [0.1, 0.15) is 10.4 Å². The van der Waals surface area contributed by atoms with E-state index in [1.165, 1.54) is 24.3 Å². The summed E-state index contributed by atoms with van der Waals surface area (Å²) in [5.74, 6) is -0.792. The molecule has 0 fully saturated rings. The molecule has 0 radical (unpaired) electrons. The minimum absolute atomic E-state index is 0.0559. The lowest BCUT2D eigenvalue weighted by molar-refractivity contribution is -0.384. The molecule has 11 nitrogen and oxygen atoms in total. The average Bonchev–Trinajstić information content (AvgIpc) is 3.15. The molecule has 27 heavy (non-hydrogen) atoms. The van der Waals surface area contributed by atoms with Gasteiger partial charge in [-0.05, 0) is 29.5 Å². The molecule has 2 amide bonds. The number of nitro groups is 1. The molecule has 0 saturated carbocycles. The van der Waals surface area contributed by atoms with E-state index in [2.05, 4.69) is 26.3 Å². The van der Waals surface area contributed by atoms with Gasteiger partial charge in [-0.2, -0.15) is 4.80 Å². The topological polar surface area (TPSA) is 145 Å². The van der Waals surface area contributed by atoms with Crippen molar-refractivity contribution in [3.8, 4) is 11.4 Å². The Labute approximate surface area is 152 Å². The maximum Gasteiger partial charge on any atom is 0.269 e. The predicted octanol–water partition coefficient (Wildman–Crippen LogP) is 0.709. The van der Waals surface area contributed by atoms with Crippen molar-refractivity contribution in [2.75, 3.05) is 0 Å². The van der Waals surface area contributed by atoms with Gasteiger partial charge in [0.25, 0.3) is 17.5 Å². The van der Waals surface area contributed by atoms with E-state index in [0.717, 1.165) is 4.80 Å². The standard InChI is InChI=1S/C16H13N7O4/c24-14(17-19-16(25)12-4-2-1-3-5-12)10-22-20-15(18-21-22)11-6-8-13(9-7-11)23(26)27/h1-9H,10H2,(H,17,24)(H,19,25). The lowest BCUT2D eigenvalue weighted by Gasteiger charge is -2.06. The molecule has 11 heteroatoms. The minimum atomic E-state index is -0.549. The largest absolute Gasteiger partial charge is 0.271 e. The summed E-state index contributed by atoms with van der Waals surface area (Å²) in [4.78, 5) is 34.9. The molecule has 2 N–H and O–H groups in total. The third-order valence-electron chi connectivity index (χ3n) is 3.43. The van der Waals surface area contributed by atoms with E-state index in [-0.39, 0.29) is 18.1 Å². The Morgan fingerprint density at radius 3 is 2.41 bits per heavy atom. The Morgan fingerprint density at radius 2 is 1.74 bits per heavy atom. The molecule has 0 bridgehead atoms. The van der Waals surface area contributed by atoms with Gasteiger partial charge < -0.3 is 0 Å². The first-order valence-electron chi connectivity index (χ1n) is 7.70. The van der Waals surface area contributed by atoms with E-state index >= 15 is 0 Å². The van der Waals surface area contributed by atoms with Crippen LogP contribution in [0, 0.1) is 10.1 Å². The van der Waals surface area contributed by atoms with Crippen molar-refractivity contribution in [2.24, 2.45) is 0 Å². The van der Waals surface area contributed by atoms with Crippen LogP contribution in [-0.2, 0) is 11.3 Å². The number of tetrazole rings is 1. The number of non-ortho nitro benzene ring substituents is 1. The van der Waals surface area contributed by atoms with Gasteiger partial charge in [0.05, 0.1) is 4.92 Å². The second kappa shape index (κ2) is 7.82. The Bertz CT molecular complexity index is 970. The van der Waals surface area contributed by atoms with Crippen LogP contribution in [0.2, 0.25) is 0 Å². The molecule has 1 aromatic heterocycles. The molecule has 0 spiro atoms. The summed E-state index contributed by atoms with van der Waals surface area (Å²) < 4.78 is 0. The first kappa shape index (κ1) is 17.7. The minimum Gasteiger partial charge on any atom is -0.271 e. The van der Waals surface area contributed by atoms with E-state index in [9.17, 15) is 19.7 Å². The molecular weight excluding hydrogens is 354 g/mol. The van der Waals surface area contributed by atoms with Crippen LogP contribution in [-0.4, -0.2) is 36.9 Å². The second-order valence-corrected chi connectivity index (χ2v) is 5.32. The lowest BCUT2D eigenvalue weighted by Crippen LogP contribution is -2.43. The van der Waals surface area contributed by atoms with E-state index in [4.69, 9.17) is 0 Å². The zero-order valence-electron chi connectivity index (χ0n) is 13.8. The van der Waals surface area contributed by atoms with Crippen LogP contribution in [0.25, 0.3) is 11.4 Å². The monoisotopic (exact) mass is 367 g/mol. The molecule has 0 aliphatic carbocycles. The fourth-order valence-electron chi connectivity index (χ4n) is 2.11. The Kier molecular flexibility index (Phi) is 5.12. The number of carbonyl (C=O) groups is 2. The quantitative estimate of drug-likeness (QED) is 0.499. The van der Waals surface area contributed by atoms with Gasteiger partial charge in [0.2, 0.25) is 5.82 Å². The number of nitrogens with zero attached hydrogens (tertiary/aromatic N) is 5. The lowest BCUT2D eigenvalue weighted by atomic mass is 10.2. The highest BCUT2D eigenvalue weighted by Crippen LogP contribution is 2.18. The first-order valence-corrected chi connectivity index (χ1v) is 7.70. The van der Waals surface area contributed by atoms with E-state index in [1.807, 2.05) is 0 Å². The maximum atomic E-state index is 11.9. The Hall–Kier alpha value is -4.15. The van der Waals surface area contributed by atoms with Crippen molar-refractivity contribution >= 4 is 17.5 Å². The highest BCUT2D eigenvalue weighted by molar-refractivity contribution is 5.95. The van der Waals surface area contributed by atoms with Gasteiger partial charge >= 0.3 is 0 Å². The summed E-state index contributed by atoms with van der Waals surface area (Å²) in [6.07, 6.45) is 0. The van der Waals surface area contributed by atoms with Gasteiger partial charge in [-0.1, -0.05) is 18.2 Å². The summed E-state index contributed by atoms with van der Waals surface area (Å²) in [5.41, 5.74) is 5.40. The van der Waals surface area contributed by atoms with Crippen LogP contribution in [0.3, 0.4) is 0 Å². The number of hydrazine groups is 1. The van der Waals surface area contributed by atoms with Crippen LogP contribution >= 0.6 is 0 Å². The van der Waals surface area contributed by atoms with Crippen molar-refractivity contribution < 1.29 is 14.5 Å². The summed E-state index contributed by atoms with van der Waals surface area (Å²) in [7, 11) is 0. The third-order valence-corrected chi connectivity index (χ3v) is 3.43. The van der Waals surface area contributed by atoms with Crippen molar-refractivity contribution in [2.45, 2.75) is 6.54 Å². The molecule has 0 atom stereocenters. The number of aromatic nitrogens is 4. The van der Waals surface area contributed by atoms with Gasteiger partial charge in [0, 0.05) is 23.3 Å². The van der Waals surface area contributed by atoms with Crippen molar-refractivity contribution in [1.82, 2.24) is 31.1 Å². The third kappa shape index (κ3) is 4.48. The summed E-state index contributed by atoms with van der Waals surface area (Å²) >= 11 is 0. The smallest absolute Gasteiger partial charge is 0.269 e. The fraction of sp³-hybridized carbons (Fsp3) is 0.0625. The molecule has 0 aliphatic rings. The molecule has 136 valence electrons. The van der Waals surface area contributed by atoms with Crippen molar-refractivity contribution in [1.29, 1.82) is 0 Å². The zero-order chi connectivity index (χ0) is 19.2. The molecule has 1 heterocycles. The maximum absolute atomic E-state index is 11.9. The van der Waals surface area contributed by atoms with Gasteiger partial charge in [0.15, 0.2) is 0 Å². The number of hydrogen-bond acceptors (Lipinski definition) is 7. The number of hydrogen-bond donors (Lipinski definition) is 2. The molecular formula is C16H13N7O4. The fourth-order valence-corrected chi connectivity index (χ4v) is 2.11. The molecule has 0 aliphatic heterocycles. The average molecular weight is 367 g/mol. The predicted molar refractivity (Wildman–Crippen MR) is 92.0 cm³/mol. The van der Waals surface area contributed by atoms with Crippen LogP contribution < -0.4 is 10.9 Å². The Morgan fingerprint density at radius 1 is 1.04 bits per heavy atom. The van der Waals surface area contributed by atoms with E-state index in [1.54, 1.807) is 30.3 Å². The van der Waals surface area contributed by atoms with Crippen molar-refractivity contribution in [3.63, 3.8) is 0 Å². The van der Waals surface area contributed by atoms with Crippen LogP contribution in [0.15, 0.2) is 54.6 Å². The highest BCUT2D eigenvalue weighted by atomic mass is 16.6. The molecule has 0 unspecified atom stereocenters. The zero-order valence-corrected chi connectivity index (χ0v) is 13.8. The van der Waals surface area contributed by atoms with E-state index in [0.29, 0.717) is 11.1 Å². The Balaban J connectivity index is 1.56. The SMILES string of the molecule is O=C(Cn1nnc(-c2ccc([N+](=O)[O-])cc2)n1)NNC(=O)c1ccccc1. The number of carbonyl (C=O) groups excluding carboxylic acids is 2. The van der Waals surface area contributed by atoms with Gasteiger partial charge in [-0.15, -0.1) is 10.2 Å². The molecule has 2 aromatic carbocycles. The normalized spacial score (nSPS) is 10.2. The van der Waals surface area contributed by atoms with Crippen LogP contribution in [0.4, 0.5) is 5.69 Å². The number of nitrogens with one attached hydrogen (secondary N) is 2. The number of rotatable bonds is 5.